The van der Waals surface area contributed by atoms with Crippen LogP contribution in [0.25, 0.3) is 10.9 Å². The second kappa shape index (κ2) is 9.03. The number of fused-ring (bicyclic) bond motifs is 1. The summed E-state index contributed by atoms with van der Waals surface area (Å²) in [6.45, 7) is 8.24. The summed E-state index contributed by atoms with van der Waals surface area (Å²) in [6.07, 6.45) is -0.0707. The van der Waals surface area contributed by atoms with Gasteiger partial charge in [0.25, 0.3) is 0 Å². The number of benzene rings is 2. The lowest BCUT2D eigenvalue weighted by Crippen LogP contribution is -2.30. The van der Waals surface area contributed by atoms with Gasteiger partial charge in [0.1, 0.15) is 5.60 Å². The van der Waals surface area contributed by atoms with Crippen molar-refractivity contribution in [1.82, 2.24) is 9.88 Å². The molecule has 2 N–H and O–H groups in total. The summed E-state index contributed by atoms with van der Waals surface area (Å²) >= 11 is 0. The van der Waals surface area contributed by atoms with Crippen LogP contribution in [0.5, 0.6) is 0 Å². The second-order valence-electron chi connectivity index (χ2n) is 8.19. The van der Waals surface area contributed by atoms with E-state index in [1.165, 1.54) is 5.56 Å². The Bertz CT molecular complexity index is 1030. The molecule has 0 aliphatic rings. The Morgan fingerprint density at radius 2 is 1.73 bits per heavy atom. The van der Waals surface area contributed by atoms with Crippen molar-refractivity contribution in [3.8, 4) is 0 Å². The van der Waals surface area contributed by atoms with E-state index in [1.807, 2.05) is 63.2 Å². The fourth-order valence-electron chi connectivity index (χ4n) is 3.14. The molecule has 0 bridgehead atoms. The molecule has 158 valence electrons. The van der Waals surface area contributed by atoms with Crippen molar-refractivity contribution in [3.63, 3.8) is 0 Å². The fraction of sp³-hybridized carbons (Fsp3) is 0.333. The Morgan fingerprint density at radius 1 is 1.00 bits per heavy atom. The standard InChI is InChI=1S/C24H29N3O3/c1-5-22(28)26-16-20-13-18-11-12-19(25-15-17-9-7-6-8-10-17)14-21(18)27(20)23(29)30-24(2,3)4/h6-14,25H,5,15-16H2,1-4H3,(H,26,28). The van der Waals surface area contributed by atoms with E-state index in [9.17, 15) is 9.59 Å². The summed E-state index contributed by atoms with van der Waals surface area (Å²) < 4.78 is 7.17. The summed E-state index contributed by atoms with van der Waals surface area (Å²) in [4.78, 5) is 24.7. The minimum atomic E-state index is -0.624. The van der Waals surface area contributed by atoms with Crippen molar-refractivity contribution in [1.29, 1.82) is 0 Å². The van der Waals surface area contributed by atoms with Gasteiger partial charge in [-0.3, -0.25) is 4.79 Å². The highest BCUT2D eigenvalue weighted by Crippen LogP contribution is 2.25. The van der Waals surface area contributed by atoms with E-state index in [2.05, 4.69) is 22.8 Å². The molecule has 0 fully saturated rings. The third kappa shape index (κ3) is 5.41. The van der Waals surface area contributed by atoms with E-state index in [1.54, 1.807) is 11.5 Å². The largest absolute Gasteiger partial charge is 0.443 e. The van der Waals surface area contributed by atoms with Gasteiger partial charge in [0.2, 0.25) is 5.91 Å². The Labute approximate surface area is 177 Å². The number of nitrogens with one attached hydrogen (secondary N) is 2. The molecular weight excluding hydrogens is 378 g/mol. The van der Waals surface area contributed by atoms with Crippen LogP contribution in [0, 0.1) is 0 Å². The zero-order valence-corrected chi connectivity index (χ0v) is 18.0. The monoisotopic (exact) mass is 407 g/mol. The fourth-order valence-corrected chi connectivity index (χ4v) is 3.14. The highest BCUT2D eigenvalue weighted by atomic mass is 16.6. The SMILES string of the molecule is CCC(=O)NCc1cc2ccc(NCc3ccccc3)cc2n1C(=O)OC(C)(C)C. The van der Waals surface area contributed by atoms with Gasteiger partial charge in [-0.2, -0.15) is 0 Å². The lowest BCUT2D eigenvalue weighted by atomic mass is 10.2. The Balaban J connectivity index is 1.93. The van der Waals surface area contributed by atoms with Crippen LogP contribution in [0.15, 0.2) is 54.6 Å². The van der Waals surface area contributed by atoms with Crippen molar-refractivity contribution < 1.29 is 14.3 Å². The van der Waals surface area contributed by atoms with Crippen molar-refractivity contribution in [2.24, 2.45) is 0 Å². The van der Waals surface area contributed by atoms with Gasteiger partial charge in [-0.1, -0.05) is 43.3 Å². The van der Waals surface area contributed by atoms with Gasteiger partial charge in [0.15, 0.2) is 0 Å². The molecule has 0 saturated heterocycles. The van der Waals surface area contributed by atoms with Crippen molar-refractivity contribution >= 4 is 28.6 Å². The normalized spacial score (nSPS) is 11.3. The molecule has 0 radical (unpaired) electrons. The molecule has 2 aromatic carbocycles. The lowest BCUT2D eigenvalue weighted by molar-refractivity contribution is -0.120. The molecule has 30 heavy (non-hydrogen) atoms. The maximum absolute atomic E-state index is 13.0. The smallest absolute Gasteiger partial charge is 0.419 e. The molecule has 3 aromatic rings. The lowest BCUT2D eigenvalue weighted by Gasteiger charge is -2.21. The quantitative estimate of drug-likeness (QED) is 0.599. The average Bonchev–Trinajstić information content (AvgIpc) is 3.07. The summed E-state index contributed by atoms with van der Waals surface area (Å²) in [5.74, 6) is -0.0683. The molecule has 0 atom stereocenters. The first-order chi connectivity index (χ1) is 14.3. The highest BCUT2D eigenvalue weighted by Gasteiger charge is 2.22. The van der Waals surface area contributed by atoms with Crippen LogP contribution >= 0.6 is 0 Å². The van der Waals surface area contributed by atoms with Crippen LogP contribution in [0.1, 0.15) is 45.4 Å². The first kappa shape index (κ1) is 21.4. The second-order valence-corrected chi connectivity index (χ2v) is 8.19. The van der Waals surface area contributed by atoms with Crippen LogP contribution < -0.4 is 10.6 Å². The van der Waals surface area contributed by atoms with Crippen LogP contribution in [0.4, 0.5) is 10.5 Å². The van der Waals surface area contributed by atoms with Crippen molar-refractivity contribution in [2.75, 3.05) is 5.32 Å². The van der Waals surface area contributed by atoms with Crippen LogP contribution in [0.2, 0.25) is 0 Å². The molecular formula is C24H29N3O3. The zero-order valence-electron chi connectivity index (χ0n) is 18.0. The van der Waals surface area contributed by atoms with Crippen molar-refractivity contribution in [2.45, 2.75) is 52.8 Å². The molecule has 0 spiro atoms. The van der Waals surface area contributed by atoms with E-state index >= 15 is 0 Å². The van der Waals surface area contributed by atoms with Crippen molar-refractivity contribution in [3.05, 3.63) is 65.9 Å². The Morgan fingerprint density at radius 3 is 2.40 bits per heavy atom. The van der Waals surface area contributed by atoms with Crippen LogP contribution in [0.3, 0.4) is 0 Å². The van der Waals surface area contributed by atoms with E-state index in [0.717, 1.165) is 16.6 Å². The molecule has 1 amide bonds. The van der Waals surface area contributed by atoms with E-state index in [-0.39, 0.29) is 12.5 Å². The maximum Gasteiger partial charge on any atom is 0.419 e. The molecule has 0 aliphatic carbocycles. The molecule has 6 nitrogen and oxygen atoms in total. The number of ether oxygens (including phenoxy) is 1. The highest BCUT2D eigenvalue weighted by molar-refractivity contribution is 5.93. The molecule has 1 heterocycles. The Hall–Kier alpha value is -3.28. The number of aromatic nitrogens is 1. The van der Waals surface area contributed by atoms with Crippen LogP contribution in [-0.2, 0) is 22.6 Å². The number of amides is 1. The summed E-state index contributed by atoms with van der Waals surface area (Å²) in [7, 11) is 0. The van der Waals surface area contributed by atoms with Crippen LogP contribution in [-0.4, -0.2) is 22.2 Å². The van der Waals surface area contributed by atoms with Gasteiger partial charge in [0.05, 0.1) is 12.1 Å². The summed E-state index contributed by atoms with van der Waals surface area (Å²) in [5.41, 5.74) is 2.87. The topological polar surface area (TPSA) is 72.4 Å². The molecule has 1 aromatic heterocycles. The first-order valence-electron chi connectivity index (χ1n) is 10.2. The van der Waals surface area contributed by atoms with Gasteiger partial charge in [0, 0.05) is 29.7 Å². The first-order valence-corrected chi connectivity index (χ1v) is 10.2. The number of hydrogen-bond donors (Lipinski definition) is 2. The van der Waals surface area contributed by atoms with Gasteiger partial charge in [-0.05, 0) is 44.5 Å². The number of carbonyl (C=O) groups is 2. The minimum Gasteiger partial charge on any atom is -0.443 e. The molecule has 0 aliphatic heterocycles. The summed E-state index contributed by atoms with van der Waals surface area (Å²) in [6, 6.07) is 17.9. The number of hydrogen-bond acceptors (Lipinski definition) is 4. The molecule has 0 unspecified atom stereocenters. The molecule has 6 heteroatoms. The average molecular weight is 408 g/mol. The maximum atomic E-state index is 13.0. The minimum absolute atomic E-state index is 0.0683. The van der Waals surface area contributed by atoms with E-state index < -0.39 is 11.7 Å². The van der Waals surface area contributed by atoms with E-state index in [4.69, 9.17) is 4.74 Å². The van der Waals surface area contributed by atoms with Gasteiger partial charge in [-0.15, -0.1) is 0 Å². The number of anilines is 1. The predicted molar refractivity (Wildman–Crippen MR) is 119 cm³/mol. The van der Waals surface area contributed by atoms with Gasteiger partial charge >= 0.3 is 6.09 Å². The number of nitrogens with zero attached hydrogens (tertiary/aromatic N) is 1. The third-order valence-electron chi connectivity index (χ3n) is 4.58. The van der Waals surface area contributed by atoms with E-state index in [0.29, 0.717) is 18.7 Å². The van der Waals surface area contributed by atoms with Gasteiger partial charge < -0.3 is 15.4 Å². The number of carbonyl (C=O) groups excluding carboxylic acids is 2. The molecule has 0 saturated carbocycles. The Kier molecular flexibility index (Phi) is 6.45. The zero-order chi connectivity index (χ0) is 21.7. The molecule has 3 rings (SSSR count). The van der Waals surface area contributed by atoms with Gasteiger partial charge in [-0.25, -0.2) is 9.36 Å². The number of rotatable bonds is 6. The third-order valence-corrected chi connectivity index (χ3v) is 4.58. The summed E-state index contributed by atoms with van der Waals surface area (Å²) in [5, 5.41) is 7.16. The predicted octanol–water partition coefficient (Wildman–Crippen LogP) is 5.06.